The highest BCUT2D eigenvalue weighted by Crippen LogP contribution is 2.46. The zero-order valence-electron chi connectivity index (χ0n) is 13.7. The third-order valence-corrected chi connectivity index (χ3v) is 4.92. The third kappa shape index (κ3) is 2.18. The quantitative estimate of drug-likeness (QED) is 0.673. The number of rotatable bonds is 3. The van der Waals surface area contributed by atoms with Gasteiger partial charge in [-0.25, -0.2) is 0 Å². The number of para-hydroxylation sites is 1. The average Bonchev–Trinajstić information content (AvgIpc) is 3.37. The van der Waals surface area contributed by atoms with Crippen LogP contribution in [0.15, 0.2) is 36.4 Å². The average molecular weight is 353 g/mol. The van der Waals surface area contributed by atoms with Crippen LogP contribution >= 0.6 is 0 Å². The van der Waals surface area contributed by atoms with E-state index in [0.29, 0.717) is 28.3 Å². The first-order valence-electron chi connectivity index (χ1n) is 8.39. The molecule has 0 bridgehead atoms. The topological polar surface area (TPSA) is 93.9 Å². The van der Waals surface area contributed by atoms with Gasteiger partial charge in [0.05, 0.1) is 22.1 Å². The fraction of sp³-hybridized carbons (Fsp3) is 0.278. The highest BCUT2D eigenvalue weighted by atomic mass is 16.7. The van der Waals surface area contributed by atoms with Gasteiger partial charge in [-0.3, -0.25) is 14.9 Å². The number of carbonyl (C=O) groups is 1. The third-order valence-electron chi connectivity index (χ3n) is 4.92. The van der Waals surface area contributed by atoms with Crippen molar-refractivity contribution >= 4 is 17.3 Å². The van der Waals surface area contributed by atoms with E-state index >= 15 is 0 Å². The summed E-state index contributed by atoms with van der Waals surface area (Å²) in [7, 11) is 0. The number of nitrogens with one attached hydrogen (secondary N) is 1. The van der Waals surface area contributed by atoms with Crippen LogP contribution in [0.5, 0.6) is 11.5 Å². The van der Waals surface area contributed by atoms with E-state index in [1.165, 1.54) is 6.07 Å². The minimum Gasteiger partial charge on any atom is -0.454 e. The van der Waals surface area contributed by atoms with Crippen LogP contribution in [-0.2, 0) is 0 Å². The number of anilines is 1. The maximum absolute atomic E-state index is 13.1. The Bertz CT molecular complexity index is 940. The summed E-state index contributed by atoms with van der Waals surface area (Å²) in [5, 5.41) is 15.0. The second-order valence-electron chi connectivity index (χ2n) is 6.56. The Kier molecular flexibility index (Phi) is 3.09. The second kappa shape index (κ2) is 5.35. The van der Waals surface area contributed by atoms with E-state index in [-0.39, 0.29) is 24.4 Å². The Balaban J connectivity index is 1.67. The molecule has 8 nitrogen and oxygen atoms in total. The van der Waals surface area contributed by atoms with Crippen molar-refractivity contribution in [2.24, 2.45) is 0 Å². The Hall–Kier alpha value is -3.29. The molecular weight excluding hydrogens is 338 g/mol. The van der Waals surface area contributed by atoms with Crippen molar-refractivity contribution in [2.45, 2.75) is 25.0 Å². The Morgan fingerprint density at radius 1 is 1.15 bits per heavy atom. The summed E-state index contributed by atoms with van der Waals surface area (Å²) in [5.41, 5.74) is 1.56. The van der Waals surface area contributed by atoms with E-state index in [0.717, 1.165) is 12.8 Å². The number of amides is 1. The van der Waals surface area contributed by atoms with E-state index in [1.54, 1.807) is 17.0 Å². The summed E-state index contributed by atoms with van der Waals surface area (Å²) in [5.74, 6) is 0.689. The SMILES string of the molecule is O=C1c2ccccc2NC(c2cc3c(cc2[N+](=O)[O-])OCO3)N1C1CC1. The van der Waals surface area contributed by atoms with Crippen molar-refractivity contribution in [3.63, 3.8) is 0 Å². The van der Waals surface area contributed by atoms with Gasteiger partial charge in [-0.05, 0) is 31.0 Å². The molecule has 26 heavy (non-hydrogen) atoms. The molecule has 2 aromatic carbocycles. The molecule has 1 unspecified atom stereocenters. The van der Waals surface area contributed by atoms with E-state index in [4.69, 9.17) is 9.47 Å². The van der Waals surface area contributed by atoms with E-state index in [2.05, 4.69) is 5.32 Å². The molecule has 0 spiro atoms. The standard InChI is InChI=1S/C18H15N3O5/c22-18-11-3-1-2-4-13(11)19-17(20(18)10-5-6-10)12-7-15-16(26-9-25-15)8-14(12)21(23)24/h1-4,7-8,10,17,19H,5-6,9H2. The van der Waals surface area contributed by atoms with Crippen molar-refractivity contribution in [1.29, 1.82) is 0 Å². The van der Waals surface area contributed by atoms with Crippen LogP contribution in [-0.4, -0.2) is 28.6 Å². The molecular formula is C18H15N3O5. The maximum Gasteiger partial charge on any atom is 0.280 e. The van der Waals surface area contributed by atoms with Gasteiger partial charge in [0.15, 0.2) is 11.5 Å². The van der Waals surface area contributed by atoms with Crippen LogP contribution in [0, 0.1) is 10.1 Å². The monoisotopic (exact) mass is 353 g/mol. The summed E-state index contributed by atoms with van der Waals surface area (Å²) in [4.78, 5) is 26.0. The number of benzene rings is 2. The fourth-order valence-electron chi connectivity index (χ4n) is 3.55. The highest BCUT2D eigenvalue weighted by Gasteiger charge is 2.44. The van der Waals surface area contributed by atoms with Crippen LogP contribution in [0.2, 0.25) is 0 Å². The van der Waals surface area contributed by atoms with Crippen molar-refractivity contribution in [1.82, 2.24) is 4.90 Å². The molecule has 1 fully saturated rings. The number of fused-ring (bicyclic) bond motifs is 2. The van der Waals surface area contributed by atoms with Crippen LogP contribution in [0.3, 0.4) is 0 Å². The number of hydrogen-bond donors (Lipinski definition) is 1. The number of nitro benzene ring substituents is 1. The zero-order valence-corrected chi connectivity index (χ0v) is 13.7. The van der Waals surface area contributed by atoms with Gasteiger partial charge < -0.3 is 19.7 Å². The first-order chi connectivity index (χ1) is 12.6. The van der Waals surface area contributed by atoms with Gasteiger partial charge in [0.1, 0.15) is 6.17 Å². The van der Waals surface area contributed by atoms with Crippen LogP contribution < -0.4 is 14.8 Å². The normalized spacial score (nSPS) is 20.5. The largest absolute Gasteiger partial charge is 0.454 e. The van der Waals surface area contributed by atoms with Gasteiger partial charge in [0.25, 0.3) is 11.6 Å². The fourth-order valence-corrected chi connectivity index (χ4v) is 3.55. The maximum atomic E-state index is 13.1. The van der Waals surface area contributed by atoms with Gasteiger partial charge in [0.2, 0.25) is 6.79 Å². The summed E-state index contributed by atoms with van der Waals surface area (Å²) in [6.45, 7) is 0.0299. The minimum absolute atomic E-state index is 0.0299. The van der Waals surface area contributed by atoms with Crippen molar-refractivity contribution in [3.05, 3.63) is 57.6 Å². The Morgan fingerprint density at radius 2 is 1.88 bits per heavy atom. The summed E-state index contributed by atoms with van der Waals surface area (Å²) in [6.07, 6.45) is 1.16. The lowest BCUT2D eigenvalue weighted by atomic mass is 10.0. The van der Waals surface area contributed by atoms with Crippen molar-refractivity contribution < 1.29 is 19.2 Å². The molecule has 2 aliphatic heterocycles. The molecule has 132 valence electrons. The number of hydrogen-bond acceptors (Lipinski definition) is 6. The minimum atomic E-state index is -0.625. The Labute approximate surface area is 148 Å². The molecule has 8 heteroatoms. The second-order valence-corrected chi connectivity index (χ2v) is 6.56. The summed E-state index contributed by atoms with van der Waals surface area (Å²) >= 11 is 0. The van der Waals surface area contributed by atoms with Gasteiger partial charge in [0, 0.05) is 11.7 Å². The highest BCUT2D eigenvalue weighted by molar-refractivity contribution is 6.02. The smallest absolute Gasteiger partial charge is 0.280 e. The lowest BCUT2D eigenvalue weighted by Crippen LogP contribution is -2.44. The van der Waals surface area contributed by atoms with Gasteiger partial charge in [-0.2, -0.15) is 0 Å². The molecule has 1 aliphatic carbocycles. The molecule has 0 saturated heterocycles. The predicted octanol–water partition coefficient (Wildman–Crippen LogP) is 3.05. The lowest BCUT2D eigenvalue weighted by molar-refractivity contribution is -0.385. The zero-order chi connectivity index (χ0) is 17.8. The van der Waals surface area contributed by atoms with E-state index < -0.39 is 11.1 Å². The molecule has 1 amide bonds. The summed E-state index contributed by atoms with van der Waals surface area (Å²) < 4.78 is 10.7. The molecule has 5 rings (SSSR count). The lowest BCUT2D eigenvalue weighted by Gasteiger charge is -2.38. The van der Waals surface area contributed by atoms with Crippen molar-refractivity contribution in [2.75, 3.05) is 12.1 Å². The summed E-state index contributed by atoms with van der Waals surface area (Å²) in [6, 6.07) is 10.3. The first kappa shape index (κ1) is 15.0. The molecule has 0 radical (unpaired) electrons. The number of carbonyl (C=O) groups excluding carboxylic acids is 1. The van der Waals surface area contributed by atoms with Gasteiger partial charge >= 0.3 is 0 Å². The van der Waals surface area contributed by atoms with Gasteiger partial charge in [-0.1, -0.05) is 12.1 Å². The van der Waals surface area contributed by atoms with Gasteiger partial charge in [-0.15, -0.1) is 0 Å². The number of nitrogens with zero attached hydrogens (tertiary/aromatic N) is 2. The molecule has 1 atom stereocenters. The first-order valence-corrected chi connectivity index (χ1v) is 8.39. The molecule has 3 aliphatic rings. The predicted molar refractivity (Wildman–Crippen MR) is 91.2 cm³/mol. The molecule has 2 aromatic rings. The van der Waals surface area contributed by atoms with Crippen LogP contribution in [0.25, 0.3) is 0 Å². The van der Waals surface area contributed by atoms with Crippen LogP contribution in [0.1, 0.15) is 34.9 Å². The molecule has 0 aromatic heterocycles. The molecule has 1 N–H and O–H groups in total. The molecule has 1 saturated carbocycles. The van der Waals surface area contributed by atoms with Crippen molar-refractivity contribution in [3.8, 4) is 11.5 Å². The molecule has 2 heterocycles. The van der Waals surface area contributed by atoms with E-state index in [9.17, 15) is 14.9 Å². The number of nitro groups is 1. The Morgan fingerprint density at radius 3 is 2.62 bits per heavy atom. The number of ether oxygens (including phenoxy) is 2. The van der Waals surface area contributed by atoms with E-state index in [1.807, 2.05) is 18.2 Å². The van der Waals surface area contributed by atoms with Crippen LogP contribution in [0.4, 0.5) is 11.4 Å².